The van der Waals surface area contributed by atoms with Crippen molar-refractivity contribution in [2.75, 3.05) is 25.5 Å². The minimum absolute atomic E-state index is 0.119. The lowest BCUT2D eigenvalue weighted by Gasteiger charge is -2.19. The molecule has 2 N–H and O–H groups in total. The second kappa shape index (κ2) is 4.92. The molecule has 0 radical (unpaired) electrons. The molecule has 84 valence electrons. The Morgan fingerprint density at radius 3 is 3.25 bits per heavy atom. The highest BCUT2D eigenvalue weighted by atomic mass is 16.5. The maximum atomic E-state index is 8.94. The SMILES string of the molecule is COC1CNCC1Nc1ncccc1C#N. The van der Waals surface area contributed by atoms with Gasteiger partial charge in [-0.15, -0.1) is 0 Å². The van der Waals surface area contributed by atoms with Gasteiger partial charge in [-0.3, -0.25) is 0 Å². The van der Waals surface area contributed by atoms with E-state index in [9.17, 15) is 0 Å². The Morgan fingerprint density at radius 1 is 1.62 bits per heavy atom. The van der Waals surface area contributed by atoms with E-state index in [2.05, 4.69) is 21.7 Å². The van der Waals surface area contributed by atoms with Crippen molar-refractivity contribution in [2.45, 2.75) is 12.1 Å². The van der Waals surface area contributed by atoms with E-state index in [4.69, 9.17) is 10.00 Å². The normalized spacial score (nSPS) is 24.0. The molecule has 0 amide bonds. The molecule has 0 aromatic carbocycles. The predicted octanol–water partition coefficient (Wildman–Crippen LogP) is 0.352. The third-order valence-corrected chi connectivity index (χ3v) is 2.71. The summed E-state index contributed by atoms with van der Waals surface area (Å²) in [5.74, 6) is 0.626. The first-order valence-corrected chi connectivity index (χ1v) is 5.20. The van der Waals surface area contributed by atoms with Gasteiger partial charge in [-0.2, -0.15) is 5.26 Å². The van der Waals surface area contributed by atoms with Crippen LogP contribution in [-0.2, 0) is 4.74 Å². The number of nitrogens with zero attached hydrogens (tertiary/aromatic N) is 2. The molecule has 2 rings (SSSR count). The molecule has 0 saturated carbocycles. The van der Waals surface area contributed by atoms with Crippen LogP contribution in [0.1, 0.15) is 5.56 Å². The zero-order valence-corrected chi connectivity index (χ0v) is 9.10. The number of aromatic nitrogens is 1. The summed E-state index contributed by atoms with van der Waals surface area (Å²) in [6.07, 6.45) is 1.79. The smallest absolute Gasteiger partial charge is 0.144 e. The number of pyridine rings is 1. The van der Waals surface area contributed by atoms with Crippen LogP contribution >= 0.6 is 0 Å². The Labute approximate surface area is 94.4 Å². The first-order chi connectivity index (χ1) is 7.85. The number of hydrogen-bond donors (Lipinski definition) is 2. The van der Waals surface area contributed by atoms with Crippen LogP contribution in [0.2, 0.25) is 0 Å². The molecule has 5 heteroatoms. The van der Waals surface area contributed by atoms with Gasteiger partial charge in [0.15, 0.2) is 0 Å². The number of nitriles is 1. The largest absolute Gasteiger partial charge is 0.378 e. The van der Waals surface area contributed by atoms with Crippen LogP contribution in [0, 0.1) is 11.3 Å². The van der Waals surface area contributed by atoms with Crippen molar-refractivity contribution in [1.29, 1.82) is 5.26 Å². The van der Waals surface area contributed by atoms with Gasteiger partial charge in [0, 0.05) is 26.4 Å². The molecular weight excluding hydrogens is 204 g/mol. The van der Waals surface area contributed by atoms with Gasteiger partial charge in [-0.25, -0.2) is 4.98 Å². The minimum Gasteiger partial charge on any atom is -0.378 e. The van der Waals surface area contributed by atoms with Gasteiger partial charge < -0.3 is 15.4 Å². The second-order valence-electron chi connectivity index (χ2n) is 3.69. The maximum Gasteiger partial charge on any atom is 0.144 e. The summed E-state index contributed by atoms with van der Waals surface area (Å²) in [7, 11) is 1.69. The molecule has 1 aromatic rings. The van der Waals surface area contributed by atoms with Crippen LogP contribution in [0.25, 0.3) is 0 Å². The fourth-order valence-electron chi connectivity index (χ4n) is 1.83. The van der Waals surface area contributed by atoms with E-state index in [-0.39, 0.29) is 12.1 Å². The minimum atomic E-state index is 0.119. The number of rotatable bonds is 3. The van der Waals surface area contributed by atoms with Crippen molar-refractivity contribution in [3.8, 4) is 6.07 Å². The van der Waals surface area contributed by atoms with E-state index in [1.165, 1.54) is 0 Å². The second-order valence-corrected chi connectivity index (χ2v) is 3.69. The quantitative estimate of drug-likeness (QED) is 0.766. The molecular formula is C11H14N4O. The number of hydrogen-bond acceptors (Lipinski definition) is 5. The van der Waals surface area contributed by atoms with Crippen molar-refractivity contribution >= 4 is 5.82 Å². The standard InChI is InChI=1S/C11H14N4O/c1-16-10-7-13-6-9(10)15-11-8(5-12)3-2-4-14-11/h2-4,9-10,13H,6-7H2,1H3,(H,14,15). The lowest BCUT2D eigenvalue weighted by Crippen LogP contribution is -2.34. The van der Waals surface area contributed by atoms with Gasteiger partial charge >= 0.3 is 0 Å². The lowest BCUT2D eigenvalue weighted by atomic mass is 10.2. The van der Waals surface area contributed by atoms with Crippen LogP contribution in [-0.4, -0.2) is 37.3 Å². The molecule has 2 unspecified atom stereocenters. The van der Waals surface area contributed by atoms with Gasteiger partial charge in [0.25, 0.3) is 0 Å². The number of anilines is 1. The summed E-state index contributed by atoms with van der Waals surface area (Å²) >= 11 is 0. The third-order valence-electron chi connectivity index (χ3n) is 2.71. The summed E-state index contributed by atoms with van der Waals surface area (Å²) in [6, 6.07) is 5.78. The molecule has 5 nitrogen and oxygen atoms in total. The number of nitrogens with one attached hydrogen (secondary N) is 2. The van der Waals surface area contributed by atoms with Crippen molar-refractivity contribution in [3.05, 3.63) is 23.9 Å². The summed E-state index contributed by atoms with van der Waals surface area (Å²) in [6.45, 7) is 1.64. The van der Waals surface area contributed by atoms with Crippen molar-refractivity contribution in [1.82, 2.24) is 10.3 Å². The zero-order chi connectivity index (χ0) is 11.4. The van der Waals surface area contributed by atoms with E-state index in [1.807, 2.05) is 0 Å². The van der Waals surface area contributed by atoms with Gasteiger partial charge in [0.1, 0.15) is 11.9 Å². The monoisotopic (exact) mass is 218 g/mol. The molecule has 0 bridgehead atoms. The highest BCUT2D eigenvalue weighted by molar-refractivity contribution is 5.52. The fourth-order valence-corrected chi connectivity index (χ4v) is 1.83. The van der Waals surface area contributed by atoms with Gasteiger partial charge in [0.05, 0.1) is 17.7 Å². The molecule has 2 atom stereocenters. The predicted molar refractivity (Wildman–Crippen MR) is 60.0 cm³/mol. The third kappa shape index (κ3) is 2.13. The molecule has 1 aliphatic rings. The zero-order valence-electron chi connectivity index (χ0n) is 9.10. The average Bonchev–Trinajstić information content (AvgIpc) is 2.77. The molecule has 1 aromatic heterocycles. The van der Waals surface area contributed by atoms with Gasteiger partial charge in [-0.1, -0.05) is 0 Å². The van der Waals surface area contributed by atoms with Gasteiger partial charge in [0.2, 0.25) is 0 Å². The van der Waals surface area contributed by atoms with Crippen molar-refractivity contribution < 1.29 is 4.74 Å². The Kier molecular flexibility index (Phi) is 3.34. The summed E-state index contributed by atoms with van der Waals surface area (Å²) < 4.78 is 5.33. The summed E-state index contributed by atoms with van der Waals surface area (Å²) in [5, 5.41) is 15.4. The Morgan fingerprint density at radius 2 is 2.50 bits per heavy atom. The number of methoxy groups -OCH3 is 1. The Balaban J connectivity index is 2.12. The summed E-state index contributed by atoms with van der Waals surface area (Å²) in [4.78, 5) is 4.16. The van der Waals surface area contributed by atoms with Crippen LogP contribution in [0.5, 0.6) is 0 Å². The first-order valence-electron chi connectivity index (χ1n) is 5.20. The molecule has 0 aliphatic carbocycles. The van der Waals surface area contributed by atoms with E-state index < -0.39 is 0 Å². The molecule has 2 heterocycles. The average molecular weight is 218 g/mol. The van der Waals surface area contributed by atoms with E-state index >= 15 is 0 Å². The first kappa shape index (κ1) is 10.9. The summed E-state index contributed by atoms with van der Waals surface area (Å²) in [5.41, 5.74) is 0.559. The highest BCUT2D eigenvalue weighted by Crippen LogP contribution is 2.14. The molecule has 1 saturated heterocycles. The topological polar surface area (TPSA) is 70.0 Å². The van der Waals surface area contributed by atoms with E-state index in [1.54, 1.807) is 25.4 Å². The number of ether oxygens (including phenoxy) is 1. The van der Waals surface area contributed by atoms with Crippen LogP contribution < -0.4 is 10.6 Å². The highest BCUT2D eigenvalue weighted by Gasteiger charge is 2.27. The molecule has 1 fully saturated rings. The van der Waals surface area contributed by atoms with Crippen LogP contribution in [0.4, 0.5) is 5.82 Å². The van der Waals surface area contributed by atoms with Crippen LogP contribution in [0.3, 0.4) is 0 Å². The van der Waals surface area contributed by atoms with Crippen molar-refractivity contribution in [3.63, 3.8) is 0 Å². The Hall–Kier alpha value is -1.64. The van der Waals surface area contributed by atoms with Crippen LogP contribution in [0.15, 0.2) is 18.3 Å². The van der Waals surface area contributed by atoms with E-state index in [0.717, 1.165) is 13.1 Å². The van der Waals surface area contributed by atoms with E-state index in [0.29, 0.717) is 11.4 Å². The van der Waals surface area contributed by atoms with Gasteiger partial charge in [-0.05, 0) is 12.1 Å². The molecule has 0 spiro atoms. The lowest BCUT2D eigenvalue weighted by molar-refractivity contribution is 0.111. The fraction of sp³-hybridized carbons (Fsp3) is 0.455. The molecule has 16 heavy (non-hydrogen) atoms. The molecule has 1 aliphatic heterocycles. The Bertz CT molecular complexity index is 401. The van der Waals surface area contributed by atoms with Crippen molar-refractivity contribution in [2.24, 2.45) is 0 Å². The maximum absolute atomic E-state index is 8.94.